The van der Waals surface area contributed by atoms with Crippen molar-refractivity contribution in [1.29, 1.82) is 0 Å². The Hall–Kier alpha value is -1.08. The Labute approximate surface area is 119 Å². The highest BCUT2D eigenvalue weighted by Gasteiger charge is 2.52. The number of aromatic nitrogens is 1. The molecular weight excluding hydrogens is 282 g/mol. The molecule has 3 rings (SSSR count). The lowest BCUT2D eigenvalue weighted by molar-refractivity contribution is -0.136. The first-order valence-electron chi connectivity index (χ1n) is 6.16. The molecule has 5 nitrogen and oxygen atoms in total. The van der Waals surface area contributed by atoms with Crippen LogP contribution in [0, 0.1) is 0 Å². The van der Waals surface area contributed by atoms with Crippen LogP contribution in [0.25, 0.3) is 0 Å². The summed E-state index contributed by atoms with van der Waals surface area (Å²) in [5, 5.41) is 1.89. The van der Waals surface area contributed by atoms with Crippen LogP contribution in [0.15, 0.2) is 16.6 Å². The molecule has 3 heterocycles. The van der Waals surface area contributed by atoms with Gasteiger partial charge >= 0.3 is 0 Å². The van der Waals surface area contributed by atoms with Crippen LogP contribution in [0.4, 0.5) is 0 Å². The predicted octanol–water partition coefficient (Wildman–Crippen LogP) is 0.968. The molecule has 2 fully saturated rings. The molecule has 0 spiro atoms. The maximum absolute atomic E-state index is 12.3. The maximum Gasteiger partial charge on any atom is 0.272 e. The first-order valence-corrected chi connectivity index (χ1v) is 8.03. The van der Waals surface area contributed by atoms with E-state index in [2.05, 4.69) is 4.99 Å². The van der Waals surface area contributed by atoms with E-state index < -0.39 is 6.04 Å². The number of hydrogen-bond donors (Lipinski definition) is 0. The first-order chi connectivity index (χ1) is 9.01. The van der Waals surface area contributed by atoms with E-state index in [0.29, 0.717) is 17.0 Å². The molecule has 102 valence electrons. The van der Waals surface area contributed by atoms with Crippen molar-refractivity contribution in [2.75, 3.05) is 5.75 Å². The van der Waals surface area contributed by atoms with Crippen molar-refractivity contribution < 1.29 is 9.59 Å². The van der Waals surface area contributed by atoms with Crippen molar-refractivity contribution in [2.45, 2.75) is 30.7 Å². The minimum Gasteiger partial charge on any atom is -0.327 e. The maximum atomic E-state index is 12.3. The smallest absolute Gasteiger partial charge is 0.272 e. The van der Waals surface area contributed by atoms with Gasteiger partial charge in [-0.05, 0) is 13.3 Å². The molecule has 0 unspecified atom stereocenters. The minimum atomic E-state index is -0.396. The van der Waals surface area contributed by atoms with E-state index in [0.717, 1.165) is 6.42 Å². The fraction of sp³-hybridized carbons (Fsp3) is 0.583. The monoisotopic (exact) mass is 297 g/mol. The van der Waals surface area contributed by atoms with Gasteiger partial charge in [-0.1, -0.05) is 0 Å². The molecule has 0 radical (unpaired) electrons. The van der Waals surface area contributed by atoms with Gasteiger partial charge in [0.25, 0.3) is 5.91 Å². The molecule has 19 heavy (non-hydrogen) atoms. The van der Waals surface area contributed by atoms with E-state index in [4.69, 9.17) is 0 Å². The average Bonchev–Trinajstić information content (AvgIpc) is 2.98. The van der Waals surface area contributed by atoms with Crippen molar-refractivity contribution in [3.8, 4) is 0 Å². The molecule has 7 heteroatoms. The van der Waals surface area contributed by atoms with Crippen LogP contribution in [-0.4, -0.2) is 37.9 Å². The Morgan fingerprint density at radius 2 is 2.37 bits per heavy atom. The lowest BCUT2D eigenvalue weighted by atomic mass is 10.2. The second kappa shape index (κ2) is 4.49. The Morgan fingerprint density at radius 3 is 3.05 bits per heavy atom. The number of aryl methyl sites for hydroxylation is 1. The summed E-state index contributed by atoms with van der Waals surface area (Å²) < 4.78 is 1.82. The number of rotatable bonds is 1. The highest BCUT2D eigenvalue weighted by Crippen LogP contribution is 2.47. The number of amides is 2. The van der Waals surface area contributed by atoms with Crippen LogP contribution >= 0.6 is 23.1 Å². The third kappa shape index (κ3) is 2.04. The molecule has 0 bridgehead atoms. The third-order valence-electron chi connectivity index (χ3n) is 3.70. The molecule has 2 amide bonds. The molecule has 0 aliphatic carbocycles. The Balaban J connectivity index is 1.90. The van der Waals surface area contributed by atoms with Gasteiger partial charge in [0.2, 0.25) is 5.91 Å². The van der Waals surface area contributed by atoms with Gasteiger partial charge in [0.1, 0.15) is 6.04 Å². The summed E-state index contributed by atoms with van der Waals surface area (Å²) in [6.45, 7) is 2.04. The topological polar surface area (TPSA) is 54.7 Å². The molecule has 0 N–H and O–H groups in total. The summed E-state index contributed by atoms with van der Waals surface area (Å²) in [7, 11) is 1.86. The zero-order valence-electron chi connectivity index (χ0n) is 10.8. The molecule has 0 aromatic carbocycles. The number of thiazole rings is 1. The van der Waals surface area contributed by atoms with E-state index >= 15 is 0 Å². The summed E-state index contributed by atoms with van der Waals surface area (Å²) >= 11 is 3.12. The summed E-state index contributed by atoms with van der Waals surface area (Å²) in [4.78, 5) is 30.7. The van der Waals surface area contributed by atoms with Gasteiger partial charge in [-0.2, -0.15) is 4.99 Å². The van der Waals surface area contributed by atoms with E-state index in [1.54, 1.807) is 16.7 Å². The van der Waals surface area contributed by atoms with Gasteiger partial charge in [0.05, 0.1) is 4.87 Å². The largest absolute Gasteiger partial charge is 0.327 e. The SMILES string of the molecule is Cn1ccsc1=NC(=O)[C@H]1CS[C@]2(C)CCC(=O)N12. The Bertz CT molecular complexity index is 606. The molecule has 2 saturated heterocycles. The summed E-state index contributed by atoms with van der Waals surface area (Å²) in [6.07, 6.45) is 3.23. The molecule has 1 aromatic rings. The standard InChI is InChI=1S/C12H15N3O2S2/c1-12-4-3-9(16)15(12)8(7-19-12)10(17)13-11-14(2)5-6-18-11/h5-6,8H,3-4,7H2,1-2H3/t8-,12-/m1/s1. The Kier molecular flexibility index (Phi) is 3.05. The summed E-state index contributed by atoms with van der Waals surface area (Å²) in [5.41, 5.74) is 0. The van der Waals surface area contributed by atoms with E-state index in [1.165, 1.54) is 11.3 Å². The van der Waals surface area contributed by atoms with Gasteiger partial charge in [0.15, 0.2) is 4.80 Å². The highest BCUT2D eigenvalue weighted by atomic mass is 32.2. The van der Waals surface area contributed by atoms with Crippen molar-refractivity contribution in [2.24, 2.45) is 12.0 Å². The van der Waals surface area contributed by atoms with Crippen molar-refractivity contribution >= 4 is 34.9 Å². The fourth-order valence-corrected chi connectivity index (χ4v) is 4.76. The molecule has 1 aromatic heterocycles. The van der Waals surface area contributed by atoms with Crippen molar-refractivity contribution in [3.05, 3.63) is 16.4 Å². The summed E-state index contributed by atoms with van der Waals surface area (Å²) in [6, 6.07) is -0.396. The Morgan fingerprint density at radius 1 is 1.58 bits per heavy atom. The number of thioether (sulfide) groups is 1. The van der Waals surface area contributed by atoms with Crippen LogP contribution in [0.1, 0.15) is 19.8 Å². The quantitative estimate of drug-likeness (QED) is 0.776. The fourth-order valence-electron chi connectivity index (χ4n) is 2.61. The van der Waals surface area contributed by atoms with Crippen molar-refractivity contribution in [3.63, 3.8) is 0 Å². The van der Waals surface area contributed by atoms with E-state index in [1.807, 2.05) is 30.1 Å². The molecule has 2 aliphatic heterocycles. The van der Waals surface area contributed by atoms with Crippen LogP contribution < -0.4 is 4.80 Å². The van der Waals surface area contributed by atoms with Crippen LogP contribution in [0.5, 0.6) is 0 Å². The zero-order chi connectivity index (χ0) is 13.6. The number of nitrogens with zero attached hydrogens (tertiary/aromatic N) is 3. The molecular formula is C12H15N3O2S2. The van der Waals surface area contributed by atoms with Crippen molar-refractivity contribution in [1.82, 2.24) is 9.47 Å². The minimum absolute atomic E-state index is 0.0802. The van der Waals surface area contributed by atoms with E-state index in [-0.39, 0.29) is 16.7 Å². The average molecular weight is 297 g/mol. The lowest BCUT2D eigenvalue weighted by Gasteiger charge is -2.28. The number of hydrogen-bond acceptors (Lipinski definition) is 4. The van der Waals surface area contributed by atoms with Gasteiger partial charge in [-0.15, -0.1) is 23.1 Å². The normalized spacial score (nSPS) is 31.1. The lowest BCUT2D eigenvalue weighted by Crippen LogP contribution is -2.46. The third-order valence-corrected chi connectivity index (χ3v) is 6.05. The second-order valence-corrected chi connectivity index (χ2v) is 7.39. The number of fused-ring (bicyclic) bond motifs is 1. The molecule has 2 aliphatic rings. The highest BCUT2D eigenvalue weighted by molar-refractivity contribution is 8.01. The van der Waals surface area contributed by atoms with Gasteiger partial charge in [-0.3, -0.25) is 9.59 Å². The van der Waals surface area contributed by atoms with Crippen LogP contribution in [0.3, 0.4) is 0 Å². The van der Waals surface area contributed by atoms with Gasteiger partial charge < -0.3 is 9.47 Å². The second-order valence-electron chi connectivity index (χ2n) is 5.01. The predicted molar refractivity (Wildman–Crippen MR) is 74.6 cm³/mol. The van der Waals surface area contributed by atoms with Gasteiger partial charge in [0, 0.05) is 30.8 Å². The number of carbonyl (C=O) groups excluding carboxylic acids is 2. The van der Waals surface area contributed by atoms with Gasteiger partial charge in [-0.25, -0.2) is 0 Å². The first kappa shape index (κ1) is 12.9. The number of carbonyl (C=O) groups is 2. The molecule has 0 saturated carbocycles. The zero-order valence-corrected chi connectivity index (χ0v) is 12.5. The molecule has 2 atom stereocenters. The van der Waals surface area contributed by atoms with E-state index in [9.17, 15) is 9.59 Å². The van der Waals surface area contributed by atoms with Crippen LogP contribution in [-0.2, 0) is 16.6 Å². The van der Waals surface area contributed by atoms with Crippen LogP contribution in [0.2, 0.25) is 0 Å². The summed E-state index contributed by atoms with van der Waals surface area (Å²) in [5.74, 6) is 0.528.